The number of nitrogens with zero attached hydrogens (tertiary/aromatic N) is 2. The summed E-state index contributed by atoms with van der Waals surface area (Å²) < 4.78 is 33.3. The molecule has 164 valence electrons. The minimum Gasteiger partial charge on any atom is -0.379 e. The van der Waals surface area contributed by atoms with Crippen LogP contribution in [0.2, 0.25) is 0 Å². The van der Waals surface area contributed by atoms with Gasteiger partial charge in [0.15, 0.2) is 0 Å². The lowest BCUT2D eigenvalue weighted by molar-refractivity contribution is 0.0730. The molecule has 32 heavy (non-hydrogen) atoms. The molecule has 0 spiro atoms. The van der Waals surface area contributed by atoms with Crippen molar-refractivity contribution in [2.75, 3.05) is 31.6 Å². The fraction of sp³-hybridized carbons (Fsp3) is 0.182. The topological polar surface area (TPSA) is 88.6 Å². The second-order valence-corrected chi connectivity index (χ2v) is 11.0. The van der Waals surface area contributed by atoms with Crippen LogP contribution in [0.15, 0.2) is 64.9 Å². The molecule has 10 heteroatoms. The van der Waals surface area contributed by atoms with Crippen LogP contribution in [0.4, 0.5) is 5.00 Å². The smallest absolute Gasteiger partial charge is 0.256 e. The number of sulfonamides is 1. The van der Waals surface area contributed by atoms with E-state index in [4.69, 9.17) is 4.74 Å². The summed E-state index contributed by atoms with van der Waals surface area (Å²) in [6.07, 6.45) is 0. The third-order valence-corrected chi connectivity index (χ3v) is 8.95. The van der Waals surface area contributed by atoms with E-state index in [9.17, 15) is 13.2 Å². The molecule has 5 rings (SSSR count). The highest BCUT2D eigenvalue weighted by atomic mass is 32.2. The average molecular weight is 486 g/mol. The summed E-state index contributed by atoms with van der Waals surface area (Å²) in [7, 11) is -3.59. The third-order valence-electron chi connectivity index (χ3n) is 5.14. The summed E-state index contributed by atoms with van der Waals surface area (Å²) in [5.74, 6) is -0.301. The summed E-state index contributed by atoms with van der Waals surface area (Å²) >= 11 is 3.00. The van der Waals surface area contributed by atoms with E-state index < -0.39 is 10.0 Å². The molecular weight excluding hydrogens is 466 g/mol. The molecule has 2 aromatic carbocycles. The Morgan fingerprint density at radius 1 is 1.03 bits per heavy atom. The zero-order chi connectivity index (χ0) is 22.1. The van der Waals surface area contributed by atoms with Gasteiger partial charge in [0, 0.05) is 24.2 Å². The van der Waals surface area contributed by atoms with E-state index >= 15 is 0 Å². The molecule has 0 bridgehead atoms. The Labute approximate surface area is 193 Å². The van der Waals surface area contributed by atoms with Gasteiger partial charge in [0.2, 0.25) is 10.0 Å². The first kappa shape index (κ1) is 21.2. The van der Waals surface area contributed by atoms with E-state index in [1.165, 1.54) is 39.9 Å². The maximum absolute atomic E-state index is 12.8. The normalized spacial score (nSPS) is 15.1. The van der Waals surface area contributed by atoms with Gasteiger partial charge < -0.3 is 10.1 Å². The van der Waals surface area contributed by atoms with Crippen LogP contribution in [0.5, 0.6) is 0 Å². The molecule has 4 aromatic rings. The molecule has 2 aromatic heterocycles. The molecule has 1 fully saturated rings. The molecule has 3 heterocycles. The maximum atomic E-state index is 12.8. The lowest BCUT2D eigenvalue weighted by Gasteiger charge is -2.26. The van der Waals surface area contributed by atoms with Crippen molar-refractivity contribution in [1.82, 2.24) is 9.29 Å². The fourth-order valence-corrected chi connectivity index (χ4v) is 6.70. The highest BCUT2D eigenvalue weighted by Crippen LogP contribution is 2.37. The van der Waals surface area contributed by atoms with Crippen molar-refractivity contribution in [3.63, 3.8) is 0 Å². The van der Waals surface area contributed by atoms with Crippen LogP contribution in [0.25, 0.3) is 20.8 Å². The molecule has 0 radical (unpaired) electrons. The number of hydrogen-bond donors (Lipinski definition) is 1. The van der Waals surface area contributed by atoms with Crippen molar-refractivity contribution in [2.24, 2.45) is 0 Å². The number of carbonyl (C=O) groups excluding carboxylic acids is 1. The molecule has 1 N–H and O–H groups in total. The summed E-state index contributed by atoms with van der Waals surface area (Å²) in [6, 6.07) is 15.9. The lowest BCUT2D eigenvalue weighted by Crippen LogP contribution is -2.40. The summed E-state index contributed by atoms with van der Waals surface area (Å²) in [4.78, 5) is 17.7. The molecule has 1 aliphatic heterocycles. The zero-order valence-corrected chi connectivity index (χ0v) is 19.3. The summed E-state index contributed by atoms with van der Waals surface area (Å²) in [5.41, 5.74) is 2.18. The van der Waals surface area contributed by atoms with Gasteiger partial charge >= 0.3 is 0 Å². The minimum atomic E-state index is -3.59. The molecule has 0 saturated carbocycles. The first-order valence-electron chi connectivity index (χ1n) is 9.95. The molecule has 7 nitrogen and oxygen atoms in total. The second kappa shape index (κ2) is 8.72. The molecule has 1 aliphatic rings. The number of fused-ring (bicyclic) bond motifs is 1. The molecule has 0 unspecified atom stereocenters. The average Bonchev–Trinajstić information content (AvgIpc) is 3.46. The number of rotatable bonds is 5. The van der Waals surface area contributed by atoms with Gasteiger partial charge in [-0.15, -0.1) is 22.7 Å². The van der Waals surface area contributed by atoms with Crippen LogP contribution < -0.4 is 5.32 Å². The highest BCUT2D eigenvalue weighted by molar-refractivity contribution is 7.89. The Bertz CT molecular complexity index is 1340. The summed E-state index contributed by atoms with van der Waals surface area (Å²) in [6.45, 7) is 1.43. The zero-order valence-electron chi connectivity index (χ0n) is 16.9. The number of amides is 1. The van der Waals surface area contributed by atoms with Crippen molar-refractivity contribution in [1.29, 1.82) is 0 Å². The number of thiazole rings is 1. The monoisotopic (exact) mass is 485 g/mol. The van der Waals surface area contributed by atoms with Gasteiger partial charge in [-0.25, -0.2) is 13.4 Å². The molecule has 0 aliphatic carbocycles. The van der Waals surface area contributed by atoms with E-state index in [-0.39, 0.29) is 10.8 Å². The maximum Gasteiger partial charge on any atom is 0.256 e. The number of anilines is 1. The van der Waals surface area contributed by atoms with Crippen molar-refractivity contribution in [2.45, 2.75) is 4.90 Å². The van der Waals surface area contributed by atoms with Crippen molar-refractivity contribution in [3.05, 3.63) is 65.5 Å². The predicted octanol–water partition coefficient (Wildman–Crippen LogP) is 4.30. The largest absolute Gasteiger partial charge is 0.379 e. The Morgan fingerprint density at radius 3 is 2.53 bits per heavy atom. The first-order valence-corrected chi connectivity index (χ1v) is 13.1. The fourth-order valence-electron chi connectivity index (χ4n) is 3.45. The van der Waals surface area contributed by atoms with Gasteiger partial charge in [-0.1, -0.05) is 12.1 Å². The van der Waals surface area contributed by atoms with E-state index in [1.54, 1.807) is 11.3 Å². The van der Waals surface area contributed by atoms with Crippen LogP contribution in [0, 0.1) is 0 Å². The second-order valence-electron chi connectivity index (χ2n) is 7.15. The highest BCUT2D eigenvalue weighted by Gasteiger charge is 2.26. The molecule has 1 amide bonds. The van der Waals surface area contributed by atoms with Gasteiger partial charge in [-0.2, -0.15) is 4.31 Å². The number of ether oxygens (including phenoxy) is 1. The molecule has 0 atom stereocenters. The van der Waals surface area contributed by atoms with Gasteiger partial charge in [0.05, 0.1) is 28.3 Å². The minimum absolute atomic E-state index is 0.169. The Hall–Kier alpha value is -2.63. The van der Waals surface area contributed by atoms with Crippen molar-refractivity contribution in [3.8, 4) is 10.6 Å². The number of thiophene rings is 1. The number of para-hydroxylation sites is 1. The number of aromatic nitrogens is 1. The van der Waals surface area contributed by atoms with Crippen LogP contribution in [-0.4, -0.2) is 49.9 Å². The molecular formula is C22H19N3O4S3. The number of morpholine rings is 1. The van der Waals surface area contributed by atoms with Gasteiger partial charge in [-0.05, 0) is 47.8 Å². The first-order chi connectivity index (χ1) is 15.5. The summed E-state index contributed by atoms with van der Waals surface area (Å²) in [5, 5.41) is 6.40. The quantitative estimate of drug-likeness (QED) is 0.455. The van der Waals surface area contributed by atoms with Gasteiger partial charge in [0.25, 0.3) is 5.91 Å². The number of carbonyl (C=O) groups is 1. The van der Waals surface area contributed by atoms with Gasteiger partial charge in [0.1, 0.15) is 10.0 Å². The SMILES string of the molecule is O=C(Nc1sccc1-c1nc2ccccc2s1)c1ccc(S(=O)(=O)N2CCOCC2)cc1. The van der Waals surface area contributed by atoms with Crippen LogP contribution in [0.3, 0.4) is 0 Å². The van der Waals surface area contributed by atoms with Crippen LogP contribution in [-0.2, 0) is 14.8 Å². The van der Waals surface area contributed by atoms with E-state index in [2.05, 4.69) is 10.3 Å². The van der Waals surface area contributed by atoms with E-state index in [0.29, 0.717) is 36.9 Å². The van der Waals surface area contributed by atoms with E-state index in [1.807, 2.05) is 35.7 Å². The Kier molecular flexibility index (Phi) is 5.78. The van der Waals surface area contributed by atoms with Crippen LogP contribution in [0.1, 0.15) is 10.4 Å². The number of hydrogen-bond acceptors (Lipinski definition) is 7. The van der Waals surface area contributed by atoms with E-state index in [0.717, 1.165) is 20.8 Å². The number of benzene rings is 2. The van der Waals surface area contributed by atoms with Crippen molar-refractivity contribution < 1.29 is 17.9 Å². The number of nitrogens with one attached hydrogen (secondary N) is 1. The van der Waals surface area contributed by atoms with Crippen LogP contribution >= 0.6 is 22.7 Å². The Balaban J connectivity index is 1.34. The van der Waals surface area contributed by atoms with Gasteiger partial charge in [-0.3, -0.25) is 4.79 Å². The van der Waals surface area contributed by atoms with Crippen molar-refractivity contribution >= 4 is 53.8 Å². The third kappa shape index (κ3) is 4.07. The standard InChI is InChI=1S/C22H19N3O4S3/c26-20(15-5-7-16(8-6-15)32(27,28)25-10-12-29-13-11-25)24-21-17(9-14-30-21)22-23-18-3-1-2-4-19(18)31-22/h1-9,14H,10-13H2,(H,24,26). The molecule has 1 saturated heterocycles. The predicted molar refractivity (Wildman–Crippen MR) is 127 cm³/mol. The Morgan fingerprint density at radius 2 is 1.78 bits per heavy atom. The lowest BCUT2D eigenvalue weighted by atomic mass is 10.2.